The highest BCUT2D eigenvalue weighted by Gasteiger charge is 2.71. The molecule has 0 saturated carbocycles. The molecule has 7 N–H and O–H groups in total. The van der Waals surface area contributed by atoms with Crippen LogP contribution in [0.25, 0.3) is 5.57 Å². The minimum atomic E-state index is -6.23. The molecule has 0 spiro atoms. The molecule has 0 unspecified atom stereocenters. The largest absolute Gasteiger partial charge is 0.497 e. The summed E-state index contributed by atoms with van der Waals surface area (Å²) in [5, 5.41) is 69.2. The van der Waals surface area contributed by atoms with Gasteiger partial charge in [-0.05, 0) is 73.7 Å². The maximum Gasteiger partial charge on any atom is 0.430 e. The van der Waals surface area contributed by atoms with E-state index in [1.807, 2.05) is 18.2 Å². The highest BCUT2D eigenvalue weighted by Crippen LogP contribution is 2.50. The van der Waals surface area contributed by atoms with Crippen molar-refractivity contribution < 1.29 is 100 Å². The zero-order valence-corrected chi connectivity index (χ0v) is 44.1. The van der Waals surface area contributed by atoms with Crippen LogP contribution in [0.15, 0.2) is 66.7 Å². The average Bonchev–Trinajstić information content (AvgIpc) is 3.36. The van der Waals surface area contributed by atoms with Gasteiger partial charge in [0.1, 0.15) is 28.5 Å². The number of carboxylic acid groups (broad SMARTS) is 5. The fraction of sp³-hybridized carbons (Fsp3) is 0.519. The van der Waals surface area contributed by atoms with Crippen molar-refractivity contribution in [3.63, 3.8) is 0 Å². The number of benzene rings is 3. The van der Waals surface area contributed by atoms with Crippen LogP contribution in [0.1, 0.15) is 160 Å². The zero-order chi connectivity index (χ0) is 58.1. The van der Waals surface area contributed by atoms with Gasteiger partial charge < -0.3 is 45.2 Å². The standard InChI is InChI=1S/C25H42O3.C12H12O3.C10H5F6NO5.C3H5BrO2.C2H4O3/c1-2-3-4-5-6-7-8-9-10-11-12-13-14-15-16-17-21-28-24-20-18-19-23(22-24)25(26)27;1-15-9-5-6-10-8(7-9)3-2-4-11(10)12(13)14;11-9(12,13)8(20,10(14,15)16)4-1-2-5(7(18)19)6(3-4)17(21)22;1-2(4)3(5)6;3-1-2(4)5/h18-20,22H,2-17,21H2,1H3,(H,26,27);4-7H,2-3H2,1H3,(H,13,14);1-3,20H,(H,18,19);2H,1H3,(H,5,6);3H,1H2,(H,4,5)/t;;;2-;/m...1./s1. The normalized spacial score (nSPS) is 12.1. The molecule has 1 atom stereocenters. The monoisotopic (exact) mass is 1160 g/mol. The number of carboxylic acids is 5. The number of allylic oxidation sites excluding steroid dienone is 1. The Bertz CT molecular complexity index is 2290. The van der Waals surface area contributed by atoms with Gasteiger partial charge in [-0.1, -0.05) is 143 Å². The van der Waals surface area contributed by atoms with Gasteiger partial charge in [0, 0.05) is 11.6 Å². The van der Waals surface area contributed by atoms with Gasteiger partial charge in [-0.25, -0.2) is 19.2 Å². The summed E-state index contributed by atoms with van der Waals surface area (Å²) >= 11 is 2.84. The Kier molecular flexibility index (Phi) is 33.6. The number of alkyl halides is 7. The van der Waals surface area contributed by atoms with Crippen LogP contribution in [0, 0.1) is 10.1 Å². The van der Waals surface area contributed by atoms with Crippen LogP contribution in [0.3, 0.4) is 0 Å². The number of aliphatic hydroxyl groups is 2. The molecule has 0 aromatic heterocycles. The van der Waals surface area contributed by atoms with E-state index in [0.717, 1.165) is 36.1 Å². The van der Waals surface area contributed by atoms with Gasteiger partial charge in [-0.15, -0.1) is 0 Å². The summed E-state index contributed by atoms with van der Waals surface area (Å²) in [5.74, 6) is -4.28. The number of carbonyl (C=O) groups is 5. The lowest BCUT2D eigenvalue weighted by Gasteiger charge is -2.32. The van der Waals surface area contributed by atoms with Crippen molar-refractivity contribution in [1.29, 1.82) is 0 Å². The Morgan fingerprint density at radius 1 is 0.697 bits per heavy atom. The summed E-state index contributed by atoms with van der Waals surface area (Å²) in [7, 11) is 1.61. The molecule has 0 heterocycles. The summed E-state index contributed by atoms with van der Waals surface area (Å²) in [6.07, 6.45) is 12.7. The van der Waals surface area contributed by atoms with E-state index in [-0.39, 0.29) is 23.8 Å². The van der Waals surface area contributed by atoms with E-state index in [0.29, 0.717) is 17.9 Å². The number of aliphatic carboxylic acids is 3. The maximum absolute atomic E-state index is 12.6. The van der Waals surface area contributed by atoms with Crippen LogP contribution in [0.2, 0.25) is 0 Å². The predicted molar refractivity (Wildman–Crippen MR) is 272 cm³/mol. The van der Waals surface area contributed by atoms with Crippen molar-refractivity contribution in [2.24, 2.45) is 0 Å². The van der Waals surface area contributed by atoms with E-state index in [1.165, 1.54) is 96.3 Å². The number of ether oxygens (including phenoxy) is 2. The first-order chi connectivity index (χ1) is 35.6. The number of nitro benzene ring substituents is 1. The number of aromatic carboxylic acids is 2. The number of rotatable bonds is 26. The van der Waals surface area contributed by atoms with Crippen LogP contribution in [-0.2, 0) is 26.4 Å². The summed E-state index contributed by atoms with van der Waals surface area (Å²) < 4.78 is 86.5. The third-order valence-electron chi connectivity index (χ3n) is 11.1. The van der Waals surface area contributed by atoms with E-state index in [1.54, 1.807) is 44.4 Å². The minimum Gasteiger partial charge on any atom is -0.497 e. The molecule has 0 radical (unpaired) electrons. The van der Waals surface area contributed by atoms with Crippen molar-refractivity contribution in [3.05, 3.63) is 105 Å². The topological polar surface area (TPSA) is 289 Å². The van der Waals surface area contributed by atoms with Crippen molar-refractivity contribution in [2.75, 3.05) is 20.3 Å². The van der Waals surface area contributed by atoms with Gasteiger partial charge in [-0.2, -0.15) is 26.3 Å². The molecule has 4 rings (SSSR count). The first-order valence-corrected chi connectivity index (χ1v) is 25.2. The first-order valence-electron chi connectivity index (χ1n) is 24.2. The van der Waals surface area contributed by atoms with Gasteiger partial charge in [0.25, 0.3) is 11.3 Å². The van der Waals surface area contributed by atoms with Crippen LogP contribution in [0.4, 0.5) is 32.0 Å². The smallest absolute Gasteiger partial charge is 0.430 e. The summed E-state index contributed by atoms with van der Waals surface area (Å²) in [4.78, 5) is 60.1. The quantitative estimate of drug-likeness (QED) is 0.0129. The molecule has 0 saturated heterocycles. The van der Waals surface area contributed by atoms with E-state index < -0.39 is 81.0 Å². The van der Waals surface area contributed by atoms with Crippen molar-refractivity contribution in [2.45, 2.75) is 152 Å². The maximum atomic E-state index is 12.6. The first kappa shape index (κ1) is 69.7. The number of methoxy groups -OCH3 is 1. The highest BCUT2D eigenvalue weighted by atomic mass is 79.9. The van der Waals surface area contributed by atoms with Crippen LogP contribution in [-0.4, -0.2) is 108 Å². The Hall–Kier alpha value is -6.27. The molecular weight excluding hydrogens is 1090 g/mol. The Labute approximate surface area is 444 Å². The molecule has 0 aliphatic heterocycles. The van der Waals surface area contributed by atoms with Crippen LogP contribution < -0.4 is 9.47 Å². The van der Waals surface area contributed by atoms with Crippen LogP contribution >= 0.6 is 15.9 Å². The number of aliphatic hydroxyl groups excluding tert-OH is 1. The number of hydrogen-bond acceptors (Lipinski definition) is 11. The predicted octanol–water partition coefficient (Wildman–Crippen LogP) is 12.7. The Balaban J connectivity index is 0.00000104. The van der Waals surface area contributed by atoms with Gasteiger partial charge >= 0.3 is 42.2 Å². The van der Waals surface area contributed by atoms with E-state index >= 15 is 0 Å². The zero-order valence-electron chi connectivity index (χ0n) is 42.5. The van der Waals surface area contributed by atoms with Gasteiger partial charge in [0.15, 0.2) is 0 Å². The molecule has 24 heteroatoms. The number of nitrogens with zero attached hydrogens (tertiary/aromatic N) is 1. The number of halogens is 7. The number of hydrogen-bond donors (Lipinski definition) is 7. The van der Waals surface area contributed by atoms with E-state index in [4.69, 9.17) is 50.0 Å². The summed E-state index contributed by atoms with van der Waals surface area (Å²) in [6, 6.07) is 12.2. The molecule has 17 nitrogen and oxygen atoms in total. The van der Waals surface area contributed by atoms with Gasteiger partial charge in [0.2, 0.25) is 0 Å². The van der Waals surface area contributed by atoms with Crippen LogP contribution in [0.5, 0.6) is 11.5 Å². The molecule has 3 aromatic carbocycles. The number of aryl methyl sites for hydroxylation is 1. The second-order valence-corrected chi connectivity index (χ2v) is 18.3. The fourth-order valence-electron chi connectivity index (χ4n) is 6.99. The van der Waals surface area contributed by atoms with E-state index in [2.05, 4.69) is 22.9 Å². The molecule has 1 aliphatic rings. The molecular formula is C52H68BrF6NO16. The van der Waals surface area contributed by atoms with Crippen molar-refractivity contribution in [1.82, 2.24) is 0 Å². The van der Waals surface area contributed by atoms with Gasteiger partial charge in [0.05, 0.1) is 29.8 Å². The lowest BCUT2D eigenvalue weighted by atomic mass is 9.91. The fourth-order valence-corrected chi connectivity index (χ4v) is 6.99. The SMILES string of the molecule is CCCCCCCCCCCCCCCCCCOc1cccc(C(=O)O)c1.COc1ccc2c(c1)CCC=C2C(=O)O.C[C@@H](Br)C(=O)O.O=C(O)CO.O=C(O)c1ccc(C(O)(C(F)(F)F)C(F)(F)F)cc1[N+](=O)[O-]. The molecule has 3 aromatic rings. The van der Waals surface area contributed by atoms with Crippen molar-refractivity contribution >= 4 is 57.0 Å². The molecule has 0 amide bonds. The second-order valence-electron chi connectivity index (χ2n) is 17.0. The average molecular weight is 1160 g/mol. The number of fused-ring (bicyclic) bond motifs is 1. The summed E-state index contributed by atoms with van der Waals surface area (Å²) in [5.41, 5.74) is -7.38. The number of unbranched alkanes of at least 4 members (excludes halogenated alkanes) is 15. The molecule has 0 fully saturated rings. The van der Waals surface area contributed by atoms with E-state index in [9.17, 15) is 55.6 Å². The molecule has 426 valence electrons. The highest BCUT2D eigenvalue weighted by molar-refractivity contribution is 9.10. The third kappa shape index (κ3) is 26.5. The Morgan fingerprint density at radius 3 is 1.58 bits per heavy atom. The second kappa shape index (κ2) is 36.7. The molecule has 76 heavy (non-hydrogen) atoms. The lowest BCUT2D eigenvalue weighted by molar-refractivity contribution is -0.387. The third-order valence-corrected chi connectivity index (χ3v) is 11.5. The molecule has 0 bridgehead atoms. The number of nitro groups is 1. The summed E-state index contributed by atoms with van der Waals surface area (Å²) in [6.45, 7) is 3.73. The van der Waals surface area contributed by atoms with Crippen molar-refractivity contribution in [3.8, 4) is 11.5 Å². The Morgan fingerprint density at radius 2 is 1.18 bits per heavy atom. The lowest BCUT2D eigenvalue weighted by Crippen LogP contribution is -2.53. The minimum absolute atomic E-state index is 0.0113. The van der Waals surface area contributed by atoms with Gasteiger partial charge in [-0.3, -0.25) is 14.9 Å². The molecule has 1 aliphatic carbocycles.